The van der Waals surface area contributed by atoms with Gasteiger partial charge in [0.25, 0.3) is 0 Å². The van der Waals surface area contributed by atoms with Crippen molar-refractivity contribution in [3.05, 3.63) is 35.9 Å². The van der Waals surface area contributed by atoms with Gasteiger partial charge in [-0.1, -0.05) is 6.92 Å². The van der Waals surface area contributed by atoms with E-state index in [1.807, 2.05) is 37.0 Å². The number of aromatic nitrogens is 3. The Morgan fingerprint density at radius 3 is 2.82 bits per heavy atom. The Morgan fingerprint density at radius 1 is 1.29 bits per heavy atom. The van der Waals surface area contributed by atoms with E-state index >= 15 is 0 Å². The Labute approximate surface area is 102 Å². The Hall–Kier alpha value is -1.84. The summed E-state index contributed by atoms with van der Waals surface area (Å²) < 4.78 is 2.05. The van der Waals surface area contributed by atoms with E-state index < -0.39 is 0 Å². The fraction of sp³-hybridized carbons (Fsp3) is 0.385. The first-order valence-electron chi connectivity index (χ1n) is 5.92. The van der Waals surface area contributed by atoms with Gasteiger partial charge in [0, 0.05) is 18.9 Å². The van der Waals surface area contributed by atoms with E-state index in [2.05, 4.69) is 28.3 Å². The number of nitrogens with zero attached hydrogens (tertiary/aromatic N) is 3. The van der Waals surface area contributed by atoms with Crippen molar-refractivity contribution in [1.29, 1.82) is 0 Å². The number of hydrogen-bond acceptors (Lipinski definition) is 3. The van der Waals surface area contributed by atoms with E-state index in [0.717, 1.165) is 35.9 Å². The normalized spacial score (nSPS) is 10.5. The molecule has 2 rings (SSSR count). The lowest BCUT2D eigenvalue weighted by molar-refractivity contribution is 0.933. The molecule has 0 saturated carbocycles. The standard InChI is InChI=1S/C13H18N4/c1-4-5-15-13-16-11(3)9-17(13)12-6-10(2)7-14-8-12/h6-9H,4-5H2,1-3H3,(H,15,16). The number of nitrogens with one attached hydrogen (secondary N) is 1. The highest BCUT2D eigenvalue weighted by atomic mass is 15.2. The van der Waals surface area contributed by atoms with Gasteiger partial charge < -0.3 is 5.32 Å². The van der Waals surface area contributed by atoms with Crippen molar-refractivity contribution in [2.75, 3.05) is 11.9 Å². The molecule has 0 aromatic carbocycles. The zero-order valence-electron chi connectivity index (χ0n) is 10.6. The van der Waals surface area contributed by atoms with Gasteiger partial charge in [0.1, 0.15) is 0 Å². The summed E-state index contributed by atoms with van der Waals surface area (Å²) in [4.78, 5) is 8.69. The molecule has 0 aliphatic heterocycles. The monoisotopic (exact) mass is 230 g/mol. The van der Waals surface area contributed by atoms with Crippen LogP contribution in [0.1, 0.15) is 24.6 Å². The number of anilines is 1. The molecule has 4 heteroatoms. The van der Waals surface area contributed by atoms with E-state index in [-0.39, 0.29) is 0 Å². The third-order valence-electron chi connectivity index (χ3n) is 2.50. The quantitative estimate of drug-likeness (QED) is 0.878. The molecule has 0 saturated heterocycles. The molecule has 17 heavy (non-hydrogen) atoms. The first-order chi connectivity index (χ1) is 8.20. The summed E-state index contributed by atoms with van der Waals surface area (Å²) in [5.74, 6) is 0.886. The van der Waals surface area contributed by atoms with Gasteiger partial charge in [-0.05, 0) is 31.9 Å². The third kappa shape index (κ3) is 2.64. The lowest BCUT2D eigenvalue weighted by Crippen LogP contribution is -2.06. The van der Waals surface area contributed by atoms with Crippen molar-refractivity contribution in [3.63, 3.8) is 0 Å². The molecule has 2 aromatic heterocycles. The fourth-order valence-electron chi connectivity index (χ4n) is 1.73. The largest absolute Gasteiger partial charge is 0.355 e. The predicted molar refractivity (Wildman–Crippen MR) is 69.6 cm³/mol. The molecule has 0 radical (unpaired) electrons. The lowest BCUT2D eigenvalue weighted by atomic mass is 10.3. The molecule has 0 aliphatic rings. The van der Waals surface area contributed by atoms with Crippen LogP contribution < -0.4 is 5.32 Å². The maximum Gasteiger partial charge on any atom is 0.207 e. The predicted octanol–water partition coefficient (Wildman–Crippen LogP) is 2.71. The summed E-state index contributed by atoms with van der Waals surface area (Å²) in [6.45, 7) is 7.10. The molecule has 0 unspecified atom stereocenters. The lowest BCUT2D eigenvalue weighted by Gasteiger charge is -2.08. The van der Waals surface area contributed by atoms with Gasteiger partial charge in [-0.3, -0.25) is 9.55 Å². The van der Waals surface area contributed by atoms with Crippen molar-refractivity contribution in [1.82, 2.24) is 14.5 Å². The maximum absolute atomic E-state index is 4.48. The van der Waals surface area contributed by atoms with Crippen LogP contribution in [0.15, 0.2) is 24.7 Å². The first kappa shape index (κ1) is 11.6. The van der Waals surface area contributed by atoms with Gasteiger partial charge in [-0.25, -0.2) is 4.98 Å². The summed E-state index contributed by atoms with van der Waals surface area (Å²) >= 11 is 0. The van der Waals surface area contributed by atoms with Crippen molar-refractivity contribution < 1.29 is 0 Å². The molecule has 0 bridgehead atoms. The minimum absolute atomic E-state index is 0.886. The number of imidazole rings is 1. The number of aryl methyl sites for hydroxylation is 2. The van der Waals surface area contributed by atoms with Crippen molar-refractivity contribution in [3.8, 4) is 5.69 Å². The second-order valence-corrected chi connectivity index (χ2v) is 4.22. The molecule has 90 valence electrons. The molecule has 0 amide bonds. The second-order valence-electron chi connectivity index (χ2n) is 4.22. The summed E-state index contributed by atoms with van der Waals surface area (Å²) in [5, 5.41) is 3.33. The Kier molecular flexibility index (Phi) is 3.42. The molecule has 2 heterocycles. The van der Waals surface area contributed by atoms with Gasteiger partial charge in [0.05, 0.1) is 17.6 Å². The van der Waals surface area contributed by atoms with E-state index in [1.165, 1.54) is 0 Å². The topological polar surface area (TPSA) is 42.7 Å². The minimum Gasteiger partial charge on any atom is -0.355 e. The maximum atomic E-state index is 4.48. The van der Waals surface area contributed by atoms with Crippen LogP contribution in [0.4, 0.5) is 5.95 Å². The SMILES string of the molecule is CCCNc1nc(C)cn1-c1cncc(C)c1. The molecule has 1 N–H and O–H groups in total. The van der Waals surface area contributed by atoms with Crippen LogP contribution in [0.5, 0.6) is 0 Å². The van der Waals surface area contributed by atoms with Crippen LogP contribution >= 0.6 is 0 Å². The van der Waals surface area contributed by atoms with E-state index in [0.29, 0.717) is 0 Å². The highest BCUT2D eigenvalue weighted by Crippen LogP contribution is 2.16. The zero-order chi connectivity index (χ0) is 12.3. The highest BCUT2D eigenvalue weighted by molar-refractivity contribution is 5.42. The average molecular weight is 230 g/mol. The Bertz CT molecular complexity index is 502. The van der Waals surface area contributed by atoms with Gasteiger partial charge in [-0.15, -0.1) is 0 Å². The Morgan fingerprint density at radius 2 is 2.12 bits per heavy atom. The average Bonchev–Trinajstić information content (AvgIpc) is 2.68. The van der Waals surface area contributed by atoms with Gasteiger partial charge >= 0.3 is 0 Å². The first-order valence-corrected chi connectivity index (χ1v) is 5.92. The molecule has 0 atom stereocenters. The molecule has 2 aromatic rings. The van der Waals surface area contributed by atoms with E-state index in [1.54, 1.807) is 0 Å². The van der Waals surface area contributed by atoms with Crippen LogP contribution in [-0.4, -0.2) is 21.1 Å². The molecule has 0 fully saturated rings. The Balaban J connectivity index is 2.37. The van der Waals surface area contributed by atoms with Crippen LogP contribution in [0.25, 0.3) is 5.69 Å². The summed E-state index contributed by atoms with van der Waals surface area (Å²) in [5.41, 5.74) is 3.20. The van der Waals surface area contributed by atoms with Crippen LogP contribution in [0.2, 0.25) is 0 Å². The van der Waals surface area contributed by atoms with Crippen LogP contribution in [0, 0.1) is 13.8 Å². The van der Waals surface area contributed by atoms with Crippen molar-refractivity contribution in [2.45, 2.75) is 27.2 Å². The number of rotatable bonds is 4. The highest BCUT2D eigenvalue weighted by Gasteiger charge is 2.07. The van der Waals surface area contributed by atoms with Gasteiger partial charge in [0.15, 0.2) is 0 Å². The smallest absolute Gasteiger partial charge is 0.207 e. The zero-order valence-corrected chi connectivity index (χ0v) is 10.6. The molecule has 4 nitrogen and oxygen atoms in total. The molecular weight excluding hydrogens is 212 g/mol. The minimum atomic E-state index is 0.886. The van der Waals surface area contributed by atoms with E-state index in [9.17, 15) is 0 Å². The van der Waals surface area contributed by atoms with Crippen molar-refractivity contribution in [2.24, 2.45) is 0 Å². The van der Waals surface area contributed by atoms with E-state index in [4.69, 9.17) is 0 Å². The summed E-state index contributed by atoms with van der Waals surface area (Å²) in [6.07, 6.45) is 6.81. The molecule has 0 spiro atoms. The molecular formula is C13H18N4. The van der Waals surface area contributed by atoms with Gasteiger partial charge in [-0.2, -0.15) is 0 Å². The number of hydrogen-bond donors (Lipinski definition) is 1. The fourth-order valence-corrected chi connectivity index (χ4v) is 1.73. The number of pyridine rings is 1. The summed E-state index contributed by atoms with van der Waals surface area (Å²) in [7, 11) is 0. The molecule has 0 aliphatic carbocycles. The van der Waals surface area contributed by atoms with Crippen LogP contribution in [-0.2, 0) is 0 Å². The summed E-state index contributed by atoms with van der Waals surface area (Å²) in [6, 6.07) is 2.10. The third-order valence-corrected chi connectivity index (χ3v) is 2.50. The van der Waals surface area contributed by atoms with Gasteiger partial charge in [0.2, 0.25) is 5.95 Å². The second kappa shape index (κ2) is 4.99. The van der Waals surface area contributed by atoms with Crippen LogP contribution in [0.3, 0.4) is 0 Å². The van der Waals surface area contributed by atoms with Crippen molar-refractivity contribution >= 4 is 5.95 Å².